The second-order valence-corrected chi connectivity index (χ2v) is 6.00. The first kappa shape index (κ1) is 15.8. The SMILES string of the molecule is CC(C)NCc1cc(F)ccc1N1CCCC(C(N)=O)C1. The molecule has 5 heteroatoms. The van der Waals surface area contributed by atoms with Crippen LogP contribution >= 0.6 is 0 Å². The molecule has 1 unspecified atom stereocenters. The average Bonchev–Trinajstić information content (AvgIpc) is 2.45. The van der Waals surface area contributed by atoms with E-state index in [1.54, 1.807) is 12.1 Å². The van der Waals surface area contributed by atoms with Gasteiger partial charge >= 0.3 is 0 Å². The second-order valence-electron chi connectivity index (χ2n) is 6.00. The number of anilines is 1. The summed E-state index contributed by atoms with van der Waals surface area (Å²) in [6, 6.07) is 5.18. The molecule has 21 heavy (non-hydrogen) atoms. The maximum atomic E-state index is 13.5. The zero-order valence-corrected chi connectivity index (χ0v) is 12.7. The molecule has 1 aromatic rings. The summed E-state index contributed by atoms with van der Waals surface area (Å²) in [5.74, 6) is -0.596. The maximum Gasteiger partial charge on any atom is 0.222 e. The third-order valence-electron chi connectivity index (χ3n) is 3.91. The van der Waals surface area contributed by atoms with E-state index >= 15 is 0 Å². The van der Waals surface area contributed by atoms with Crippen molar-refractivity contribution in [2.24, 2.45) is 11.7 Å². The van der Waals surface area contributed by atoms with Gasteiger partial charge < -0.3 is 16.0 Å². The number of piperidine rings is 1. The van der Waals surface area contributed by atoms with Crippen LogP contribution in [0.3, 0.4) is 0 Å². The van der Waals surface area contributed by atoms with Gasteiger partial charge in [0.05, 0.1) is 5.92 Å². The van der Waals surface area contributed by atoms with E-state index in [1.807, 2.05) is 0 Å². The standard InChI is InChI=1S/C16H24FN3O/c1-11(2)19-9-13-8-14(17)5-6-15(13)20-7-3-4-12(10-20)16(18)21/h5-6,8,11-12,19H,3-4,7,9-10H2,1-2H3,(H2,18,21). The van der Waals surface area contributed by atoms with Gasteiger partial charge in [-0.25, -0.2) is 4.39 Å². The molecule has 1 heterocycles. The first-order chi connectivity index (χ1) is 9.97. The molecule has 0 radical (unpaired) electrons. The molecule has 1 amide bonds. The lowest BCUT2D eigenvalue weighted by Gasteiger charge is -2.34. The van der Waals surface area contributed by atoms with Crippen molar-refractivity contribution in [1.29, 1.82) is 0 Å². The molecule has 3 N–H and O–H groups in total. The van der Waals surface area contributed by atoms with Gasteiger partial charge in [-0.2, -0.15) is 0 Å². The number of hydrogen-bond acceptors (Lipinski definition) is 3. The Kier molecular flexibility index (Phi) is 5.17. The van der Waals surface area contributed by atoms with E-state index in [-0.39, 0.29) is 17.6 Å². The summed E-state index contributed by atoms with van der Waals surface area (Å²) in [5, 5.41) is 3.32. The van der Waals surface area contributed by atoms with E-state index in [0.29, 0.717) is 19.1 Å². The van der Waals surface area contributed by atoms with Crippen LogP contribution in [0, 0.1) is 11.7 Å². The van der Waals surface area contributed by atoms with Gasteiger partial charge in [0.2, 0.25) is 5.91 Å². The van der Waals surface area contributed by atoms with E-state index in [1.165, 1.54) is 6.07 Å². The number of halogens is 1. The molecule has 0 saturated carbocycles. The van der Waals surface area contributed by atoms with Gasteiger partial charge in [0.25, 0.3) is 0 Å². The third kappa shape index (κ3) is 4.17. The van der Waals surface area contributed by atoms with Crippen LogP contribution in [0.2, 0.25) is 0 Å². The smallest absolute Gasteiger partial charge is 0.222 e. The fourth-order valence-electron chi connectivity index (χ4n) is 2.75. The monoisotopic (exact) mass is 293 g/mol. The minimum absolute atomic E-state index is 0.116. The van der Waals surface area contributed by atoms with E-state index in [9.17, 15) is 9.18 Å². The van der Waals surface area contributed by atoms with Gasteiger partial charge in [-0.1, -0.05) is 13.8 Å². The highest BCUT2D eigenvalue weighted by atomic mass is 19.1. The van der Waals surface area contributed by atoms with Crippen LogP contribution in [0.1, 0.15) is 32.3 Å². The van der Waals surface area contributed by atoms with Crippen molar-refractivity contribution < 1.29 is 9.18 Å². The Bertz CT molecular complexity index is 504. The molecule has 0 aromatic heterocycles. The van der Waals surface area contributed by atoms with Gasteiger partial charge in [0.1, 0.15) is 5.82 Å². The van der Waals surface area contributed by atoms with Gasteiger partial charge in [-0.15, -0.1) is 0 Å². The van der Waals surface area contributed by atoms with Crippen molar-refractivity contribution in [3.05, 3.63) is 29.6 Å². The molecule has 0 spiro atoms. The largest absolute Gasteiger partial charge is 0.370 e. The normalized spacial score (nSPS) is 19.0. The summed E-state index contributed by atoms with van der Waals surface area (Å²) in [4.78, 5) is 13.6. The number of primary amides is 1. The first-order valence-corrected chi connectivity index (χ1v) is 7.53. The van der Waals surface area contributed by atoms with Crippen LogP contribution in [0.4, 0.5) is 10.1 Å². The predicted octanol–water partition coefficient (Wildman–Crippen LogP) is 2.03. The van der Waals surface area contributed by atoms with Crippen LogP contribution < -0.4 is 16.0 Å². The van der Waals surface area contributed by atoms with Crippen molar-refractivity contribution in [1.82, 2.24) is 5.32 Å². The molecule has 1 fully saturated rings. The molecule has 4 nitrogen and oxygen atoms in total. The maximum absolute atomic E-state index is 13.5. The van der Waals surface area contributed by atoms with Gasteiger partial charge in [0, 0.05) is 31.4 Å². The van der Waals surface area contributed by atoms with Gasteiger partial charge in [0.15, 0.2) is 0 Å². The van der Waals surface area contributed by atoms with Crippen molar-refractivity contribution in [3.63, 3.8) is 0 Å². The van der Waals surface area contributed by atoms with Crippen molar-refractivity contribution in [2.45, 2.75) is 39.3 Å². The highest BCUT2D eigenvalue weighted by Gasteiger charge is 2.25. The summed E-state index contributed by atoms with van der Waals surface area (Å²) < 4.78 is 13.5. The van der Waals surface area contributed by atoms with Crippen molar-refractivity contribution in [2.75, 3.05) is 18.0 Å². The number of hydrogen-bond donors (Lipinski definition) is 2. The average molecular weight is 293 g/mol. The molecule has 1 saturated heterocycles. The second kappa shape index (κ2) is 6.89. The molecule has 0 aliphatic carbocycles. The molecular weight excluding hydrogens is 269 g/mol. The van der Waals surface area contributed by atoms with Gasteiger partial charge in [-0.05, 0) is 36.6 Å². The number of carbonyl (C=O) groups excluding carboxylic acids is 1. The quantitative estimate of drug-likeness (QED) is 0.873. The number of nitrogens with one attached hydrogen (secondary N) is 1. The molecule has 0 bridgehead atoms. The summed E-state index contributed by atoms with van der Waals surface area (Å²) in [6.07, 6.45) is 1.77. The lowest BCUT2D eigenvalue weighted by atomic mass is 9.96. The Morgan fingerprint density at radius 1 is 1.52 bits per heavy atom. The van der Waals surface area contributed by atoms with E-state index in [0.717, 1.165) is 30.6 Å². The Morgan fingerprint density at radius 3 is 2.95 bits per heavy atom. The summed E-state index contributed by atoms with van der Waals surface area (Å²) in [7, 11) is 0. The zero-order chi connectivity index (χ0) is 15.4. The number of nitrogens with two attached hydrogens (primary N) is 1. The lowest BCUT2D eigenvalue weighted by Crippen LogP contribution is -2.41. The Morgan fingerprint density at radius 2 is 2.29 bits per heavy atom. The van der Waals surface area contributed by atoms with Crippen molar-refractivity contribution >= 4 is 11.6 Å². The minimum atomic E-state index is -0.247. The number of carbonyl (C=O) groups is 1. The Labute approximate surface area is 125 Å². The summed E-state index contributed by atoms with van der Waals surface area (Å²) >= 11 is 0. The molecule has 1 aromatic carbocycles. The fourth-order valence-corrected chi connectivity index (χ4v) is 2.75. The van der Waals surface area contributed by atoms with Crippen molar-refractivity contribution in [3.8, 4) is 0 Å². The molecule has 2 rings (SSSR count). The predicted molar refractivity (Wildman–Crippen MR) is 82.5 cm³/mol. The molecule has 1 atom stereocenters. The Hall–Kier alpha value is -1.62. The van der Waals surface area contributed by atoms with Crippen LogP contribution in [-0.4, -0.2) is 25.0 Å². The number of rotatable bonds is 5. The molecule has 1 aliphatic rings. The summed E-state index contributed by atoms with van der Waals surface area (Å²) in [6.45, 7) is 6.23. The summed E-state index contributed by atoms with van der Waals surface area (Å²) in [5.41, 5.74) is 7.35. The van der Waals surface area contributed by atoms with Crippen LogP contribution in [0.25, 0.3) is 0 Å². The number of benzene rings is 1. The Balaban J connectivity index is 2.19. The van der Waals surface area contributed by atoms with Crippen LogP contribution in [0.5, 0.6) is 0 Å². The van der Waals surface area contributed by atoms with E-state index < -0.39 is 0 Å². The molecular formula is C16H24FN3O. The highest BCUT2D eigenvalue weighted by Crippen LogP contribution is 2.27. The minimum Gasteiger partial charge on any atom is -0.370 e. The fraction of sp³-hybridized carbons (Fsp3) is 0.562. The van der Waals surface area contributed by atoms with Crippen LogP contribution in [-0.2, 0) is 11.3 Å². The van der Waals surface area contributed by atoms with E-state index in [2.05, 4.69) is 24.1 Å². The third-order valence-corrected chi connectivity index (χ3v) is 3.91. The number of amides is 1. The van der Waals surface area contributed by atoms with E-state index in [4.69, 9.17) is 5.73 Å². The van der Waals surface area contributed by atoms with Crippen LogP contribution in [0.15, 0.2) is 18.2 Å². The zero-order valence-electron chi connectivity index (χ0n) is 12.7. The molecule has 1 aliphatic heterocycles. The first-order valence-electron chi connectivity index (χ1n) is 7.53. The highest BCUT2D eigenvalue weighted by molar-refractivity contribution is 5.77. The molecule has 116 valence electrons. The number of nitrogens with zero attached hydrogens (tertiary/aromatic N) is 1. The lowest BCUT2D eigenvalue weighted by molar-refractivity contribution is -0.122. The van der Waals surface area contributed by atoms with Gasteiger partial charge in [-0.3, -0.25) is 4.79 Å². The topological polar surface area (TPSA) is 58.4 Å².